The van der Waals surface area contributed by atoms with Crippen LogP contribution in [-0.2, 0) is 6.42 Å². The molecule has 1 unspecified atom stereocenters. The zero-order valence-electron chi connectivity index (χ0n) is 11.2. The molecule has 2 saturated carbocycles. The monoisotopic (exact) mass is 259 g/mol. The van der Waals surface area contributed by atoms with E-state index in [1.54, 1.807) is 0 Å². The molecule has 102 valence electrons. The third-order valence-electron chi connectivity index (χ3n) is 4.45. The Morgan fingerprint density at radius 2 is 1.95 bits per heavy atom. The van der Waals surface area contributed by atoms with Crippen molar-refractivity contribution in [2.45, 2.75) is 38.1 Å². The molecule has 1 atom stereocenters. The topological polar surface area (TPSA) is 30.5 Å². The fourth-order valence-electron chi connectivity index (χ4n) is 2.87. The number of fused-ring (bicyclic) bond motifs is 1. The fraction of sp³-hybridized carbons (Fsp3) is 0.625. The number of ether oxygens (including phenoxy) is 2. The number of rotatable bonds is 6. The molecule has 0 bridgehead atoms. The summed E-state index contributed by atoms with van der Waals surface area (Å²) in [6.07, 6.45) is 6.76. The minimum atomic E-state index is 0.366. The second-order valence-electron chi connectivity index (χ2n) is 6.19. The molecule has 0 saturated heterocycles. The molecule has 19 heavy (non-hydrogen) atoms. The van der Waals surface area contributed by atoms with Crippen LogP contribution in [0.2, 0.25) is 0 Å². The summed E-state index contributed by atoms with van der Waals surface area (Å²) in [6, 6.07) is 7.03. The van der Waals surface area contributed by atoms with Crippen molar-refractivity contribution in [2.24, 2.45) is 11.8 Å². The maximum atomic E-state index is 5.46. The fourth-order valence-corrected chi connectivity index (χ4v) is 2.87. The van der Waals surface area contributed by atoms with Crippen molar-refractivity contribution in [3.63, 3.8) is 0 Å². The van der Waals surface area contributed by atoms with Gasteiger partial charge in [-0.15, -0.1) is 0 Å². The van der Waals surface area contributed by atoms with Gasteiger partial charge in [0.2, 0.25) is 6.79 Å². The lowest BCUT2D eigenvalue weighted by molar-refractivity contribution is 0.174. The second-order valence-corrected chi connectivity index (χ2v) is 6.19. The molecule has 0 spiro atoms. The highest BCUT2D eigenvalue weighted by Gasteiger charge is 2.32. The summed E-state index contributed by atoms with van der Waals surface area (Å²) < 4.78 is 10.8. The van der Waals surface area contributed by atoms with Gasteiger partial charge >= 0.3 is 0 Å². The third-order valence-corrected chi connectivity index (χ3v) is 4.45. The van der Waals surface area contributed by atoms with Crippen LogP contribution in [0.25, 0.3) is 0 Å². The number of benzene rings is 1. The molecule has 4 rings (SSSR count). The lowest BCUT2D eigenvalue weighted by Crippen LogP contribution is -2.34. The van der Waals surface area contributed by atoms with Crippen molar-refractivity contribution in [1.29, 1.82) is 0 Å². The second kappa shape index (κ2) is 4.71. The molecular weight excluding hydrogens is 238 g/mol. The van der Waals surface area contributed by atoms with Crippen LogP contribution in [0.4, 0.5) is 0 Å². The Kier molecular flexibility index (Phi) is 2.87. The van der Waals surface area contributed by atoms with Crippen molar-refractivity contribution in [1.82, 2.24) is 5.32 Å². The highest BCUT2D eigenvalue weighted by Crippen LogP contribution is 2.37. The number of hydrogen-bond donors (Lipinski definition) is 1. The molecule has 3 nitrogen and oxygen atoms in total. The molecule has 3 aliphatic rings. The van der Waals surface area contributed by atoms with Gasteiger partial charge in [-0.25, -0.2) is 0 Å². The van der Waals surface area contributed by atoms with Gasteiger partial charge in [-0.3, -0.25) is 0 Å². The lowest BCUT2D eigenvalue weighted by atomic mass is 10.0. The first-order chi connectivity index (χ1) is 9.38. The van der Waals surface area contributed by atoms with Gasteiger partial charge in [0, 0.05) is 6.04 Å². The van der Waals surface area contributed by atoms with E-state index in [1.165, 1.54) is 37.8 Å². The Labute approximate surface area is 114 Å². The van der Waals surface area contributed by atoms with Crippen molar-refractivity contribution < 1.29 is 9.47 Å². The van der Waals surface area contributed by atoms with Gasteiger partial charge in [0.05, 0.1) is 0 Å². The maximum absolute atomic E-state index is 5.46. The Balaban J connectivity index is 1.42. The van der Waals surface area contributed by atoms with Crippen LogP contribution in [0, 0.1) is 11.8 Å². The van der Waals surface area contributed by atoms with Crippen molar-refractivity contribution in [3.8, 4) is 11.5 Å². The normalized spacial score (nSPS) is 22.5. The summed E-state index contributed by atoms with van der Waals surface area (Å²) in [5.41, 5.74) is 1.37. The molecule has 1 heterocycles. The van der Waals surface area contributed by atoms with Crippen LogP contribution in [0.5, 0.6) is 11.5 Å². The molecule has 0 amide bonds. The number of hydrogen-bond acceptors (Lipinski definition) is 3. The quantitative estimate of drug-likeness (QED) is 0.852. The Bertz CT molecular complexity index is 466. The van der Waals surface area contributed by atoms with Gasteiger partial charge < -0.3 is 14.8 Å². The summed E-state index contributed by atoms with van der Waals surface area (Å²) in [6.45, 7) is 1.58. The van der Waals surface area contributed by atoms with E-state index < -0.39 is 0 Å². The average molecular weight is 259 g/mol. The molecule has 0 radical (unpaired) electrons. The van der Waals surface area contributed by atoms with E-state index >= 15 is 0 Å². The zero-order chi connectivity index (χ0) is 12.7. The summed E-state index contributed by atoms with van der Waals surface area (Å²) in [4.78, 5) is 0. The predicted octanol–water partition coefficient (Wildman–Crippen LogP) is 2.74. The average Bonchev–Trinajstić information content (AvgIpc) is 3.33. The summed E-state index contributed by atoms with van der Waals surface area (Å²) >= 11 is 0. The van der Waals surface area contributed by atoms with E-state index in [2.05, 4.69) is 17.4 Å². The van der Waals surface area contributed by atoms with Crippen LogP contribution < -0.4 is 14.8 Å². The van der Waals surface area contributed by atoms with Gasteiger partial charge in [0.25, 0.3) is 0 Å². The Morgan fingerprint density at radius 3 is 2.74 bits per heavy atom. The standard InChI is InChI=1S/C16H21NO2/c1-2-11(1)9-17-14(13-4-5-13)7-12-3-6-15-16(8-12)19-10-18-15/h3,6,8,11,13-14,17H,1-2,4-5,7,9-10H2. The molecule has 3 heteroatoms. The highest BCUT2D eigenvalue weighted by atomic mass is 16.7. The van der Waals surface area contributed by atoms with E-state index in [-0.39, 0.29) is 0 Å². The molecule has 1 aliphatic heterocycles. The van der Waals surface area contributed by atoms with Gasteiger partial charge in [-0.1, -0.05) is 6.07 Å². The van der Waals surface area contributed by atoms with Crippen LogP contribution in [0.15, 0.2) is 18.2 Å². The molecule has 1 N–H and O–H groups in total. The third kappa shape index (κ3) is 2.71. The Hall–Kier alpha value is -1.22. The minimum absolute atomic E-state index is 0.366. The SMILES string of the molecule is c1cc2c(cc1CC(NCC1CC1)C1CC1)OCO2. The van der Waals surface area contributed by atoms with E-state index in [1.807, 2.05) is 6.07 Å². The lowest BCUT2D eigenvalue weighted by Gasteiger charge is -2.18. The van der Waals surface area contributed by atoms with E-state index in [4.69, 9.17) is 9.47 Å². The van der Waals surface area contributed by atoms with Crippen molar-refractivity contribution in [2.75, 3.05) is 13.3 Å². The van der Waals surface area contributed by atoms with Crippen LogP contribution in [0.1, 0.15) is 31.2 Å². The largest absolute Gasteiger partial charge is 0.454 e. The zero-order valence-corrected chi connectivity index (χ0v) is 11.2. The molecule has 1 aromatic carbocycles. The molecule has 2 aliphatic carbocycles. The number of nitrogens with one attached hydrogen (secondary N) is 1. The molecule has 2 fully saturated rings. The van der Waals surface area contributed by atoms with Crippen molar-refractivity contribution in [3.05, 3.63) is 23.8 Å². The molecular formula is C16H21NO2. The molecule has 1 aromatic rings. The predicted molar refractivity (Wildman–Crippen MR) is 73.5 cm³/mol. The smallest absolute Gasteiger partial charge is 0.231 e. The summed E-state index contributed by atoms with van der Waals surface area (Å²) in [5.74, 6) is 3.65. The minimum Gasteiger partial charge on any atom is -0.454 e. The first-order valence-corrected chi connectivity index (χ1v) is 7.50. The first kappa shape index (κ1) is 11.6. The summed E-state index contributed by atoms with van der Waals surface area (Å²) in [5, 5.41) is 3.79. The van der Waals surface area contributed by atoms with Crippen LogP contribution in [-0.4, -0.2) is 19.4 Å². The van der Waals surface area contributed by atoms with Crippen molar-refractivity contribution >= 4 is 0 Å². The van der Waals surface area contributed by atoms with Crippen LogP contribution >= 0.6 is 0 Å². The first-order valence-electron chi connectivity index (χ1n) is 7.50. The maximum Gasteiger partial charge on any atom is 0.231 e. The van der Waals surface area contributed by atoms with E-state index in [0.717, 1.165) is 29.8 Å². The van der Waals surface area contributed by atoms with Gasteiger partial charge in [-0.2, -0.15) is 0 Å². The van der Waals surface area contributed by atoms with E-state index in [0.29, 0.717) is 12.8 Å². The molecule has 0 aromatic heterocycles. The summed E-state index contributed by atoms with van der Waals surface area (Å²) in [7, 11) is 0. The Morgan fingerprint density at radius 1 is 1.11 bits per heavy atom. The van der Waals surface area contributed by atoms with Gasteiger partial charge in [-0.05, 0) is 68.2 Å². The van der Waals surface area contributed by atoms with Gasteiger partial charge in [0.15, 0.2) is 11.5 Å². The highest BCUT2D eigenvalue weighted by molar-refractivity contribution is 5.44. The van der Waals surface area contributed by atoms with Gasteiger partial charge in [0.1, 0.15) is 0 Å². The van der Waals surface area contributed by atoms with Crippen LogP contribution in [0.3, 0.4) is 0 Å². The van der Waals surface area contributed by atoms with E-state index in [9.17, 15) is 0 Å².